The molecule has 0 fully saturated rings. The number of nitrogens with one attached hydrogen (secondary N) is 1. The van der Waals surface area contributed by atoms with Crippen LogP contribution in [0, 0.1) is 5.92 Å². The highest BCUT2D eigenvalue weighted by molar-refractivity contribution is 5.99. The smallest absolute Gasteiger partial charge is 0.276 e. The Balaban J connectivity index is 2.00. The molecule has 1 unspecified atom stereocenters. The molecule has 2 atom stereocenters. The molecule has 202 valence electrons. The minimum Gasteiger partial charge on any atom is -0.488 e. The monoisotopic (exact) mass is 519 g/mol. The Morgan fingerprint density at radius 3 is 2.61 bits per heavy atom. The third-order valence-electron chi connectivity index (χ3n) is 5.50. The molecule has 8 heteroatoms. The van der Waals surface area contributed by atoms with Gasteiger partial charge in [-0.1, -0.05) is 32.6 Å². The van der Waals surface area contributed by atoms with Crippen molar-refractivity contribution in [2.24, 2.45) is 10.9 Å². The summed E-state index contributed by atoms with van der Waals surface area (Å²) in [4.78, 5) is 30.4. The normalized spacial score (nSPS) is 14.9. The minimum atomic E-state index is -0.514. The first-order valence-corrected chi connectivity index (χ1v) is 12.6. The topological polar surface area (TPSA) is 100 Å². The quantitative estimate of drug-likeness (QED) is 0.118. The van der Waals surface area contributed by atoms with Gasteiger partial charge in [0.05, 0.1) is 12.3 Å². The zero-order valence-electron chi connectivity index (χ0n) is 22.5. The van der Waals surface area contributed by atoms with Crippen LogP contribution in [0.2, 0.25) is 0 Å². The predicted octanol–water partition coefficient (Wildman–Crippen LogP) is 5.03. The summed E-state index contributed by atoms with van der Waals surface area (Å²) >= 11 is 0. The maximum absolute atomic E-state index is 12.3. The van der Waals surface area contributed by atoms with Crippen molar-refractivity contribution in [3.05, 3.63) is 96.1 Å². The standard InChI is InChI=1S/C30H37N3O5/c1-6-22(2)8-7-17-31-30(36)25-9-11-27(12-10-25)37-23(3)20-28(38-24(4)21-34)13-14-29(35)32-26-15-18-33(5)19-16-26/h9-15,17-20,22,24,34H,3,6-8,21H2,1-2,4-5H3,(H,32,35)/b14-13+,28-20+,31-17?/t22?,24-/m0/s1. The van der Waals surface area contributed by atoms with Crippen LogP contribution in [0.4, 0.5) is 0 Å². The van der Waals surface area contributed by atoms with Crippen LogP contribution < -0.4 is 10.1 Å². The second kappa shape index (κ2) is 15.9. The van der Waals surface area contributed by atoms with Gasteiger partial charge in [-0.05, 0) is 62.1 Å². The van der Waals surface area contributed by atoms with Crippen LogP contribution in [0.25, 0.3) is 0 Å². The molecular weight excluding hydrogens is 482 g/mol. The van der Waals surface area contributed by atoms with Gasteiger partial charge in [-0.25, -0.2) is 4.99 Å². The van der Waals surface area contributed by atoms with Crippen LogP contribution in [0.1, 0.15) is 50.4 Å². The zero-order chi connectivity index (χ0) is 27.9. The number of nitrogens with zero attached hydrogens (tertiary/aromatic N) is 2. The second-order valence-electron chi connectivity index (χ2n) is 8.95. The molecule has 2 rings (SSSR count). The SMILES string of the molecule is C=C(/C=C(\C=C\C(=O)NC1=C=CN(C)C=C1)O[C@@H](C)CO)Oc1ccc(C(=O)N=CCCC(C)CC)cc1. The summed E-state index contributed by atoms with van der Waals surface area (Å²) in [5.74, 6) is 0.897. The van der Waals surface area contributed by atoms with E-state index in [1.165, 1.54) is 18.2 Å². The molecule has 38 heavy (non-hydrogen) atoms. The van der Waals surface area contributed by atoms with Crippen molar-refractivity contribution < 1.29 is 24.2 Å². The van der Waals surface area contributed by atoms with E-state index in [2.05, 4.69) is 36.5 Å². The van der Waals surface area contributed by atoms with Gasteiger partial charge in [0.15, 0.2) is 0 Å². The first-order valence-electron chi connectivity index (χ1n) is 12.6. The first-order chi connectivity index (χ1) is 18.2. The molecule has 0 spiro atoms. The summed E-state index contributed by atoms with van der Waals surface area (Å²) in [5.41, 5.74) is 3.92. The van der Waals surface area contributed by atoms with Gasteiger partial charge in [-0.15, -0.1) is 0 Å². The summed E-state index contributed by atoms with van der Waals surface area (Å²) in [6.45, 7) is 9.68. The number of aliphatic imine (C=N–C) groups is 1. The Morgan fingerprint density at radius 1 is 1.24 bits per heavy atom. The van der Waals surface area contributed by atoms with E-state index < -0.39 is 6.10 Å². The van der Waals surface area contributed by atoms with Crippen LogP contribution in [0.15, 0.2) is 95.5 Å². The zero-order valence-corrected chi connectivity index (χ0v) is 22.5. The van der Waals surface area contributed by atoms with Crippen LogP contribution in [-0.2, 0) is 9.53 Å². The molecular formula is C30H37N3O5. The highest BCUT2D eigenvalue weighted by Gasteiger charge is 2.08. The molecule has 2 N–H and O–H groups in total. The Labute approximate surface area is 225 Å². The van der Waals surface area contributed by atoms with Crippen molar-refractivity contribution in [2.45, 2.75) is 46.1 Å². The molecule has 0 saturated heterocycles. The van der Waals surface area contributed by atoms with E-state index in [1.54, 1.807) is 60.8 Å². The number of carbonyl (C=O) groups is 2. The fourth-order valence-corrected chi connectivity index (χ4v) is 3.05. The Kier molecular flexibility index (Phi) is 12.6. The average Bonchev–Trinajstić information content (AvgIpc) is 2.91. The van der Waals surface area contributed by atoms with Gasteiger partial charge in [-0.3, -0.25) is 9.59 Å². The molecule has 2 amide bonds. The van der Waals surface area contributed by atoms with E-state index in [0.717, 1.165) is 19.3 Å². The average molecular weight is 520 g/mol. The van der Waals surface area contributed by atoms with Gasteiger partial charge < -0.3 is 24.8 Å². The minimum absolute atomic E-state index is 0.212. The van der Waals surface area contributed by atoms with Crippen molar-refractivity contribution in [3.63, 3.8) is 0 Å². The van der Waals surface area contributed by atoms with Crippen LogP contribution in [0.3, 0.4) is 0 Å². The Hall–Kier alpha value is -4.13. The first kappa shape index (κ1) is 30.1. The lowest BCUT2D eigenvalue weighted by molar-refractivity contribution is -0.115. The maximum Gasteiger partial charge on any atom is 0.276 e. The summed E-state index contributed by atoms with van der Waals surface area (Å²) in [6.07, 6.45) is 13.5. The lowest BCUT2D eigenvalue weighted by Crippen LogP contribution is -2.20. The largest absolute Gasteiger partial charge is 0.488 e. The van der Waals surface area contributed by atoms with Gasteiger partial charge in [0.1, 0.15) is 23.4 Å². The third kappa shape index (κ3) is 11.3. The summed E-state index contributed by atoms with van der Waals surface area (Å²) in [6, 6.07) is 6.57. The lowest BCUT2D eigenvalue weighted by atomic mass is 10.0. The van der Waals surface area contributed by atoms with E-state index in [1.807, 2.05) is 7.05 Å². The lowest BCUT2D eigenvalue weighted by Gasteiger charge is -2.14. The number of aliphatic hydroxyl groups is 1. The van der Waals surface area contributed by atoms with E-state index in [4.69, 9.17) is 9.47 Å². The Morgan fingerprint density at radius 2 is 1.97 bits per heavy atom. The van der Waals surface area contributed by atoms with Crippen LogP contribution in [-0.4, -0.2) is 47.8 Å². The fourth-order valence-electron chi connectivity index (χ4n) is 3.05. The van der Waals surface area contributed by atoms with E-state index in [-0.39, 0.29) is 29.9 Å². The summed E-state index contributed by atoms with van der Waals surface area (Å²) in [5, 5.41) is 12.1. The van der Waals surface area contributed by atoms with Crippen molar-refractivity contribution in [2.75, 3.05) is 13.7 Å². The number of benzene rings is 1. The molecule has 1 aliphatic rings. The third-order valence-corrected chi connectivity index (χ3v) is 5.50. The second-order valence-corrected chi connectivity index (χ2v) is 8.95. The van der Waals surface area contributed by atoms with Gasteiger partial charge in [0.25, 0.3) is 5.91 Å². The van der Waals surface area contributed by atoms with Crippen molar-refractivity contribution >= 4 is 18.0 Å². The van der Waals surface area contributed by atoms with Gasteiger partial charge in [-0.2, -0.15) is 0 Å². The number of allylic oxidation sites excluding steroid dienone is 3. The summed E-state index contributed by atoms with van der Waals surface area (Å²) < 4.78 is 11.4. The molecule has 0 saturated carbocycles. The van der Waals surface area contributed by atoms with Gasteiger partial charge >= 0.3 is 0 Å². The highest BCUT2D eigenvalue weighted by atomic mass is 16.5. The van der Waals surface area contributed by atoms with E-state index in [9.17, 15) is 14.7 Å². The molecule has 1 aromatic carbocycles. The van der Waals surface area contributed by atoms with Crippen LogP contribution >= 0.6 is 0 Å². The van der Waals surface area contributed by atoms with Gasteiger partial charge in [0.2, 0.25) is 5.91 Å². The number of hydrogen-bond acceptors (Lipinski definition) is 6. The van der Waals surface area contributed by atoms with Gasteiger partial charge in [0, 0.05) is 43.4 Å². The van der Waals surface area contributed by atoms with E-state index in [0.29, 0.717) is 22.9 Å². The van der Waals surface area contributed by atoms with E-state index >= 15 is 0 Å². The maximum atomic E-state index is 12.3. The van der Waals surface area contributed by atoms with Crippen molar-refractivity contribution in [3.8, 4) is 5.75 Å². The van der Waals surface area contributed by atoms with Crippen molar-refractivity contribution in [1.29, 1.82) is 0 Å². The Bertz CT molecular complexity index is 1150. The number of rotatable bonds is 14. The molecule has 1 heterocycles. The molecule has 0 radical (unpaired) electrons. The number of amides is 2. The molecule has 0 aromatic heterocycles. The fraction of sp³-hybridized carbons (Fsp3) is 0.333. The molecule has 8 nitrogen and oxygen atoms in total. The van der Waals surface area contributed by atoms with Crippen LogP contribution in [0.5, 0.6) is 5.75 Å². The predicted molar refractivity (Wildman–Crippen MR) is 149 cm³/mol. The van der Waals surface area contributed by atoms with Crippen molar-refractivity contribution in [1.82, 2.24) is 10.2 Å². The summed E-state index contributed by atoms with van der Waals surface area (Å²) in [7, 11) is 1.85. The molecule has 0 bridgehead atoms. The molecule has 1 aliphatic heterocycles. The number of carbonyl (C=O) groups excluding carboxylic acids is 2. The highest BCUT2D eigenvalue weighted by Crippen LogP contribution is 2.18. The number of hydrogen-bond donors (Lipinski definition) is 2. The number of aliphatic hydroxyl groups excluding tert-OH is 1. The molecule has 1 aromatic rings. The number of ether oxygens (including phenoxy) is 2. The molecule has 0 aliphatic carbocycles.